The maximum absolute atomic E-state index is 8.08. The average molecular weight is 706 g/mol. The summed E-state index contributed by atoms with van der Waals surface area (Å²) in [6.45, 7) is 20.4. The van der Waals surface area contributed by atoms with Gasteiger partial charge in [-0.05, 0) is 0 Å². The average Bonchev–Trinajstić information content (AvgIpc) is 3.66. The summed E-state index contributed by atoms with van der Waals surface area (Å²) in [5.74, 6) is 0.254. The Morgan fingerprint density at radius 1 is 0.833 bits per heavy atom. The van der Waals surface area contributed by atoms with Gasteiger partial charge in [0.25, 0.3) is 0 Å². The number of aliphatic imine (C=N–C) groups is 2. The number of hydrogen-bond donors (Lipinski definition) is 0. The van der Waals surface area contributed by atoms with E-state index in [4.69, 9.17) is 27.8 Å². The molecule has 7 heteroatoms. The molecule has 0 aromatic carbocycles. The van der Waals surface area contributed by atoms with Crippen molar-refractivity contribution in [2.24, 2.45) is 21.3 Å². The summed E-state index contributed by atoms with van der Waals surface area (Å²) in [5, 5.41) is 2.23. The molecule has 6 bridgehead atoms. The molecule has 0 saturated heterocycles. The van der Waals surface area contributed by atoms with Crippen LogP contribution in [0.15, 0.2) is 44.2 Å². The number of allylic oxidation sites excluding steroid dienone is 5. The van der Waals surface area contributed by atoms with Gasteiger partial charge in [-0.3, -0.25) is 0 Å². The number of hydrogen-bond acceptors (Lipinski definition) is 2. The second-order valence-electron chi connectivity index (χ2n) is 12.5. The van der Waals surface area contributed by atoms with E-state index >= 15 is 0 Å². The van der Waals surface area contributed by atoms with E-state index in [0.717, 1.165) is 64.9 Å². The molecule has 0 unspecified atom stereocenters. The van der Waals surface area contributed by atoms with Crippen molar-refractivity contribution in [1.29, 1.82) is 0 Å². The molecule has 0 N–H and O–H groups in total. The predicted octanol–water partition coefficient (Wildman–Crippen LogP) is 7.61. The quantitative estimate of drug-likeness (QED) is 0.294. The van der Waals surface area contributed by atoms with Gasteiger partial charge in [0.05, 0.1) is 0 Å². The van der Waals surface area contributed by atoms with Gasteiger partial charge in [0.1, 0.15) is 0 Å². The topological polar surface area (TPSA) is 34.6 Å². The fraction of sp³-hybridized carbons (Fsp3) is 0.429. The molecule has 6 heterocycles. The standard InChI is InChI=1S/C35H40N4.2ClH.Sn/c1-10-23-19(6)28-16-32-25(12-3)21(8)33(38-32)26-14-18(5)35(13-4)22(9)29(39-34(26)35)17-31-24(11-2)20(7)27(37-31)15-30(23)36-28;;;/h14-17,22H,10-13H2,1-9H3;2*1H;/q-2;;;+4/p-2/t22-,35+;;;/m1.../s1. The number of aromatic nitrogens is 2. The van der Waals surface area contributed by atoms with Crippen LogP contribution >= 0.6 is 17.8 Å². The number of fused-ring (bicyclic) bond motifs is 2. The molecule has 0 spiro atoms. The predicted molar refractivity (Wildman–Crippen MR) is 182 cm³/mol. The van der Waals surface area contributed by atoms with Crippen LogP contribution in [0.25, 0.3) is 23.8 Å². The molecule has 0 fully saturated rings. The van der Waals surface area contributed by atoms with E-state index in [1.165, 1.54) is 50.2 Å². The molecule has 2 aromatic rings. The molecule has 218 valence electrons. The Morgan fingerprint density at radius 3 is 2.19 bits per heavy atom. The third-order valence-electron chi connectivity index (χ3n) is 11.0. The third kappa shape index (κ3) is 3.32. The number of rotatable bonds is 4. The van der Waals surface area contributed by atoms with Gasteiger partial charge in [-0.25, -0.2) is 0 Å². The Hall–Kier alpha value is -2.02. The number of nitrogens with zero attached hydrogens (tertiary/aromatic N) is 4. The van der Waals surface area contributed by atoms with Crippen molar-refractivity contribution in [3.8, 4) is 0 Å². The summed E-state index contributed by atoms with van der Waals surface area (Å²) in [5.41, 5.74) is 16.8. The minimum atomic E-state index is -4.54. The van der Waals surface area contributed by atoms with Gasteiger partial charge in [-0.15, -0.1) is 0 Å². The van der Waals surface area contributed by atoms with E-state index in [9.17, 15) is 0 Å². The van der Waals surface area contributed by atoms with Gasteiger partial charge >= 0.3 is 263 Å². The Kier molecular flexibility index (Phi) is 6.49. The Morgan fingerprint density at radius 2 is 1.55 bits per heavy atom. The van der Waals surface area contributed by atoms with E-state index in [1.54, 1.807) is 0 Å². The van der Waals surface area contributed by atoms with Gasteiger partial charge in [-0.1, -0.05) is 0 Å². The molecular weight excluding hydrogens is 666 g/mol. The SMILES string of the molecule is CCC1=C(C)C2=Cc3c(CC)c(C)c4[n]3[Sn]([Cl])([Cl])[n]3c(c(C)c(CC)c3=CC3=NC5=C4C=C(C)[C@@]5(CC)[C@@H]3C)=CC1=N2. The first-order chi connectivity index (χ1) is 20.0. The molecular formula is C35H40Cl2N4Sn. The van der Waals surface area contributed by atoms with Crippen molar-refractivity contribution in [2.45, 2.75) is 88.0 Å². The van der Waals surface area contributed by atoms with E-state index in [2.05, 4.69) is 92.2 Å². The van der Waals surface area contributed by atoms with Crippen molar-refractivity contribution in [3.63, 3.8) is 0 Å². The third-order valence-corrected chi connectivity index (χ3v) is 21.3. The first-order valence-corrected chi connectivity index (χ1v) is 25.4. The zero-order valence-corrected chi connectivity index (χ0v) is 30.6. The van der Waals surface area contributed by atoms with Crippen LogP contribution in [0.3, 0.4) is 0 Å². The molecule has 0 saturated carbocycles. The molecule has 42 heavy (non-hydrogen) atoms. The normalized spacial score (nSPS) is 24.8. The van der Waals surface area contributed by atoms with Gasteiger partial charge in [0.2, 0.25) is 0 Å². The molecule has 5 aliphatic rings. The van der Waals surface area contributed by atoms with E-state index in [0.29, 0.717) is 0 Å². The van der Waals surface area contributed by atoms with Crippen molar-refractivity contribution >= 4 is 69.7 Å². The van der Waals surface area contributed by atoms with Gasteiger partial charge < -0.3 is 0 Å². The van der Waals surface area contributed by atoms with Crippen molar-refractivity contribution in [2.75, 3.05) is 0 Å². The van der Waals surface area contributed by atoms with Crippen molar-refractivity contribution in [1.82, 2.24) is 5.58 Å². The maximum atomic E-state index is 8.08. The second kappa shape index (κ2) is 9.49. The first-order valence-electron chi connectivity index (χ1n) is 15.6. The van der Waals surface area contributed by atoms with Crippen molar-refractivity contribution < 1.29 is 0 Å². The van der Waals surface area contributed by atoms with Gasteiger partial charge in [0.15, 0.2) is 0 Å². The minimum absolute atomic E-state index is 0.115. The molecule has 4 aliphatic heterocycles. The van der Waals surface area contributed by atoms with Crippen LogP contribution in [0, 0.1) is 25.2 Å². The zero-order valence-electron chi connectivity index (χ0n) is 26.3. The van der Waals surface area contributed by atoms with Crippen molar-refractivity contribution in [3.05, 3.63) is 78.5 Å². The molecule has 1 aliphatic carbocycles. The molecule has 0 amide bonds. The molecule has 4 nitrogen and oxygen atoms in total. The van der Waals surface area contributed by atoms with Crippen LogP contribution in [0.4, 0.5) is 0 Å². The molecule has 7 rings (SSSR count). The van der Waals surface area contributed by atoms with Crippen LogP contribution in [-0.2, 0) is 12.8 Å². The summed E-state index contributed by atoms with van der Waals surface area (Å²) in [6.07, 6.45) is 13.0. The Bertz CT molecular complexity index is 1950. The first kappa shape index (κ1) is 28.7. The Labute approximate surface area is 261 Å². The number of halogens is 2. The van der Waals surface area contributed by atoms with Crippen LogP contribution in [0.1, 0.15) is 94.9 Å². The summed E-state index contributed by atoms with van der Waals surface area (Å²) >= 11 is -4.54. The zero-order chi connectivity index (χ0) is 30.0. The van der Waals surface area contributed by atoms with E-state index < -0.39 is 16.7 Å². The van der Waals surface area contributed by atoms with E-state index in [-0.39, 0.29) is 11.3 Å². The fourth-order valence-corrected chi connectivity index (χ4v) is 20.0. The van der Waals surface area contributed by atoms with Gasteiger partial charge in [0, 0.05) is 0 Å². The summed E-state index contributed by atoms with van der Waals surface area (Å²) in [7, 11) is 16.2. The second-order valence-corrected chi connectivity index (χ2v) is 26.4. The molecule has 2 aromatic heterocycles. The van der Waals surface area contributed by atoms with Crippen LogP contribution in [0.2, 0.25) is 0 Å². The Balaban J connectivity index is 1.80. The summed E-state index contributed by atoms with van der Waals surface area (Å²) in [6, 6.07) is 0. The van der Waals surface area contributed by atoms with Gasteiger partial charge in [-0.2, -0.15) is 0 Å². The van der Waals surface area contributed by atoms with Crippen LogP contribution in [0.5, 0.6) is 0 Å². The molecule has 0 radical (unpaired) electrons. The van der Waals surface area contributed by atoms with Crippen LogP contribution < -0.4 is 10.7 Å². The molecule has 2 atom stereocenters. The summed E-state index contributed by atoms with van der Waals surface area (Å²) in [4.78, 5) is 10.8. The van der Waals surface area contributed by atoms with E-state index in [1.807, 2.05) is 0 Å². The monoisotopic (exact) mass is 706 g/mol. The van der Waals surface area contributed by atoms with Crippen LogP contribution in [-0.4, -0.2) is 33.7 Å². The summed E-state index contributed by atoms with van der Waals surface area (Å²) < 4.78 is 4.79. The fourth-order valence-electron chi connectivity index (χ4n) is 8.75.